The van der Waals surface area contributed by atoms with Crippen LogP contribution in [0.15, 0.2) is 24.3 Å². The van der Waals surface area contributed by atoms with Crippen molar-refractivity contribution in [3.05, 3.63) is 35.4 Å². The monoisotopic (exact) mass is 288 g/mol. The fraction of sp³-hybridized carbons (Fsp3) is 0.684. The Bertz CT molecular complexity index is 422. The molecule has 2 nitrogen and oxygen atoms in total. The lowest BCUT2D eigenvalue weighted by atomic mass is 9.86. The third kappa shape index (κ3) is 4.55. The summed E-state index contributed by atoms with van der Waals surface area (Å²) in [5.41, 5.74) is 9.11. The molecule has 1 aromatic carbocycles. The van der Waals surface area contributed by atoms with Gasteiger partial charge in [0.2, 0.25) is 0 Å². The lowest BCUT2D eigenvalue weighted by Crippen LogP contribution is -2.40. The third-order valence-electron chi connectivity index (χ3n) is 4.87. The zero-order valence-electron chi connectivity index (χ0n) is 14.2. The van der Waals surface area contributed by atoms with E-state index in [0.29, 0.717) is 6.04 Å². The van der Waals surface area contributed by atoms with E-state index in [1.54, 1.807) is 0 Å². The summed E-state index contributed by atoms with van der Waals surface area (Å²) in [6, 6.07) is 10.3. The summed E-state index contributed by atoms with van der Waals surface area (Å²) in [5.74, 6) is 0. The minimum absolute atomic E-state index is 0.239. The van der Waals surface area contributed by atoms with Crippen LogP contribution in [0.25, 0.3) is 0 Å². The van der Waals surface area contributed by atoms with E-state index in [1.807, 2.05) is 0 Å². The van der Waals surface area contributed by atoms with Crippen molar-refractivity contribution in [2.24, 2.45) is 5.73 Å². The largest absolute Gasteiger partial charge is 0.328 e. The topological polar surface area (TPSA) is 29.3 Å². The number of rotatable bonds is 4. The van der Waals surface area contributed by atoms with Gasteiger partial charge in [-0.15, -0.1) is 0 Å². The summed E-state index contributed by atoms with van der Waals surface area (Å²) in [5, 5.41) is 0. The highest BCUT2D eigenvalue weighted by molar-refractivity contribution is 5.27. The molecule has 0 bridgehead atoms. The molecule has 2 heteroatoms. The van der Waals surface area contributed by atoms with Crippen LogP contribution in [-0.4, -0.2) is 23.5 Å². The van der Waals surface area contributed by atoms with Crippen LogP contribution < -0.4 is 5.73 Å². The number of hydrogen-bond donors (Lipinski definition) is 1. The lowest BCUT2D eigenvalue weighted by molar-refractivity contribution is 0.149. The Morgan fingerprint density at radius 3 is 2.10 bits per heavy atom. The van der Waals surface area contributed by atoms with Crippen LogP contribution in [0.4, 0.5) is 0 Å². The first-order valence-corrected chi connectivity index (χ1v) is 8.49. The van der Waals surface area contributed by atoms with E-state index in [4.69, 9.17) is 5.73 Å². The molecule has 0 heterocycles. The number of benzene rings is 1. The Hall–Kier alpha value is -0.860. The molecule has 1 saturated carbocycles. The van der Waals surface area contributed by atoms with Gasteiger partial charge in [-0.1, -0.05) is 52.0 Å². The average Bonchev–Trinajstić information content (AvgIpc) is 2.45. The molecule has 1 aromatic rings. The number of nitrogens with two attached hydrogens (primary N) is 1. The first-order valence-electron chi connectivity index (χ1n) is 8.49. The summed E-state index contributed by atoms with van der Waals surface area (Å²) < 4.78 is 0. The van der Waals surface area contributed by atoms with Crippen LogP contribution in [-0.2, 0) is 12.0 Å². The smallest absolute Gasteiger partial charge is 0.0236 e. The second kappa shape index (κ2) is 6.93. The molecule has 118 valence electrons. The van der Waals surface area contributed by atoms with Crippen molar-refractivity contribution in [1.82, 2.24) is 4.90 Å². The molecule has 0 radical (unpaired) electrons. The zero-order chi connectivity index (χ0) is 15.5. The Kier molecular flexibility index (Phi) is 5.45. The van der Waals surface area contributed by atoms with Crippen LogP contribution in [0.2, 0.25) is 0 Å². The van der Waals surface area contributed by atoms with E-state index in [9.17, 15) is 0 Å². The summed E-state index contributed by atoms with van der Waals surface area (Å²) in [6.45, 7) is 11.3. The predicted octanol–water partition coefficient (Wildman–Crippen LogP) is 4.08. The van der Waals surface area contributed by atoms with E-state index >= 15 is 0 Å². The minimum atomic E-state index is 0.239. The first kappa shape index (κ1) is 16.5. The molecule has 1 aliphatic rings. The second-order valence-corrected chi connectivity index (χ2v) is 7.58. The Balaban J connectivity index is 1.98. The molecular formula is C19H32N2. The van der Waals surface area contributed by atoms with Gasteiger partial charge in [-0.05, 0) is 48.8 Å². The molecule has 0 unspecified atom stereocenters. The highest BCUT2D eigenvalue weighted by Gasteiger charge is 2.23. The molecule has 21 heavy (non-hydrogen) atoms. The fourth-order valence-electron chi connectivity index (χ4n) is 3.31. The third-order valence-corrected chi connectivity index (χ3v) is 4.87. The molecule has 1 aliphatic carbocycles. The van der Waals surface area contributed by atoms with Crippen LogP contribution in [0.5, 0.6) is 0 Å². The minimum Gasteiger partial charge on any atom is -0.328 e. The van der Waals surface area contributed by atoms with Gasteiger partial charge in [0.15, 0.2) is 0 Å². The van der Waals surface area contributed by atoms with Crippen molar-refractivity contribution in [3.63, 3.8) is 0 Å². The van der Waals surface area contributed by atoms with E-state index in [2.05, 4.69) is 56.9 Å². The van der Waals surface area contributed by atoms with Gasteiger partial charge >= 0.3 is 0 Å². The summed E-state index contributed by atoms with van der Waals surface area (Å²) >= 11 is 0. The summed E-state index contributed by atoms with van der Waals surface area (Å²) in [6.07, 6.45) is 4.89. The van der Waals surface area contributed by atoms with Crippen molar-refractivity contribution in [2.75, 3.05) is 6.54 Å². The SMILES string of the molecule is CCN(Cc1ccc(C(C)(C)C)cc1)[C@H]1CC[C@H](N)CC1. The van der Waals surface area contributed by atoms with E-state index < -0.39 is 0 Å². The highest BCUT2D eigenvalue weighted by Crippen LogP contribution is 2.25. The van der Waals surface area contributed by atoms with Crippen LogP contribution in [0.3, 0.4) is 0 Å². The van der Waals surface area contributed by atoms with Gasteiger partial charge in [0.1, 0.15) is 0 Å². The maximum atomic E-state index is 6.03. The van der Waals surface area contributed by atoms with E-state index in [0.717, 1.165) is 19.1 Å². The van der Waals surface area contributed by atoms with Gasteiger partial charge in [-0.25, -0.2) is 0 Å². The van der Waals surface area contributed by atoms with Gasteiger partial charge in [0, 0.05) is 18.6 Å². The molecule has 2 rings (SSSR count). The molecule has 0 aromatic heterocycles. The molecular weight excluding hydrogens is 256 g/mol. The highest BCUT2D eigenvalue weighted by atomic mass is 15.1. The molecule has 0 aliphatic heterocycles. The molecule has 2 N–H and O–H groups in total. The van der Waals surface area contributed by atoms with Gasteiger partial charge in [-0.2, -0.15) is 0 Å². The van der Waals surface area contributed by atoms with Crippen molar-refractivity contribution >= 4 is 0 Å². The zero-order valence-corrected chi connectivity index (χ0v) is 14.2. The Morgan fingerprint density at radius 2 is 1.62 bits per heavy atom. The number of hydrogen-bond acceptors (Lipinski definition) is 2. The molecule has 0 atom stereocenters. The maximum Gasteiger partial charge on any atom is 0.0236 e. The standard InChI is InChI=1S/C19H32N2/c1-5-21(18-12-10-17(20)11-13-18)14-15-6-8-16(9-7-15)19(2,3)4/h6-9,17-18H,5,10-14,20H2,1-4H3/t17-,18-. The van der Waals surface area contributed by atoms with Crippen molar-refractivity contribution in [1.29, 1.82) is 0 Å². The molecule has 1 fully saturated rings. The predicted molar refractivity (Wildman–Crippen MR) is 91.5 cm³/mol. The fourth-order valence-corrected chi connectivity index (χ4v) is 3.31. The quantitative estimate of drug-likeness (QED) is 0.904. The van der Waals surface area contributed by atoms with Gasteiger partial charge < -0.3 is 5.73 Å². The summed E-state index contributed by atoms with van der Waals surface area (Å²) in [4.78, 5) is 2.62. The first-order chi connectivity index (χ1) is 9.90. The average molecular weight is 288 g/mol. The van der Waals surface area contributed by atoms with E-state index in [1.165, 1.54) is 36.8 Å². The van der Waals surface area contributed by atoms with Crippen LogP contribution in [0, 0.1) is 0 Å². The Labute approximate surface area is 130 Å². The summed E-state index contributed by atoms with van der Waals surface area (Å²) in [7, 11) is 0. The van der Waals surface area contributed by atoms with E-state index in [-0.39, 0.29) is 5.41 Å². The van der Waals surface area contributed by atoms with Crippen LogP contribution in [0.1, 0.15) is 64.5 Å². The van der Waals surface area contributed by atoms with Crippen molar-refractivity contribution in [2.45, 2.75) is 77.4 Å². The molecule has 0 saturated heterocycles. The maximum absolute atomic E-state index is 6.03. The van der Waals surface area contributed by atoms with Gasteiger partial charge in [-0.3, -0.25) is 4.90 Å². The number of nitrogens with zero attached hydrogens (tertiary/aromatic N) is 1. The molecule has 0 spiro atoms. The van der Waals surface area contributed by atoms with Crippen LogP contribution >= 0.6 is 0 Å². The van der Waals surface area contributed by atoms with Crippen molar-refractivity contribution in [3.8, 4) is 0 Å². The van der Waals surface area contributed by atoms with Gasteiger partial charge in [0.05, 0.1) is 0 Å². The second-order valence-electron chi connectivity index (χ2n) is 7.58. The van der Waals surface area contributed by atoms with Crippen molar-refractivity contribution < 1.29 is 0 Å². The Morgan fingerprint density at radius 1 is 1.05 bits per heavy atom. The van der Waals surface area contributed by atoms with Gasteiger partial charge in [0.25, 0.3) is 0 Å². The lowest BCUT2D eigenvalue weighted by Gasteiger charge is -2.35. The normalized spacial score (nSPS) is 23.5. The molecule has 0 amide bonds.